The van der Waals surface area contributed by atoms with Gasteiger partial charge in [0.1, 0.15) is 24.4 Å². The number of carbonyl (C=O) groups excluding carboxylic acids is 3. The SMILES string of the molecule is CC(N)C(=O)NC(C(=O)NC(Cc1ccc(O)cc1)C(=O)OCc1ccccc1)C(C)C. The highest BCUT2D eigenvalue weighted by Crippen LogP contribution is 2.13. The van der Waals surface area contributed by atoms with E-state index < -0.39 is 35.9 Å². The number of ether oxygens (including phenoxy) is 1. The first-order chi connectivity index (χ1) is 15.2. The van der Waals surface area contributed by atoms with Gasteiger partial charge in [-0.15, -0.1) is 0 Å². The highest BCUT2D eigenvalue weighted by Gasteiger charge is 2.30. The van der Waals surface area contributed by atoms with Crippen LogP contribution in [0.3, 0.4) is 0 Å². The van der Waals surface area contributed by atoms with Gasteiger partial charge >= 0.3 is 5.97 Å². The number of rotatable bonds is 10. The normalized spacial score (nSPS) is 13.7. The first kappa shape index (κ1) is 24.9. The molecule has 2 amide bonds. The summed E-state index contributed by atoms with van der Waals surface area (Å²) in [4.78, 5) is 37.8. The van der Waals surface area contributed by atoms with E-state index in [1.165, 1.54) is 19.1 Å². The summed E-state index contributed by atoms with van der Waals surface area (Å²) in [6.07, 6.45) is 0.158. The molecule has 0 saturated carbocycles. The fraction of sp³-hybridized carbons (Fsp3) is 0.375. The van der Waals surface area contributed by atoms with Crippen LogP contribution in [-0.2, 0) is 32.1 Å². The number of nitrogens with two attached hydrogens (primary N) is 1. The number of nitrogens with one attached hydrogen (secondary N) is 2. The van der Waals surface area contributed by atoms with Crippen molar-refractivity contribution in [1.29, 1.82) is 0 Å². The van der Waals surface area contributed by atoms with Gasteiger partial charge < -0.3 is 26.2 Å². The maximum Gasteiger partial charge on any atom is 0.329 e. The van der Waals surface area contributed by atoms with E-state index in [0.29, 0.717) is 0 Å². The maximum atomic E-state index is 13.0. The number of carbonyl (C=O) groups is 3. The molecule has 0 heterocycles. The lowest BCUT2D eigenvalue weighted by Gasteiger charge is -2.25. The fourth-order valence-electron chi connectivity index (χ4n) is 2.97. The lowest BCUT2D eigenvalue weighted by Crippen LogP contribution is -2.56. The Morgan fingerprint density at radius 1 is 0.906 bits per heavy atom. The molecule has 8 nitrogen and oxygen atoms in total. The molecule has 5 N–H and O–H groups in total. The summed E-state index contributed by atoms with van der Waals surface area (Å²) in [6.45, 7) is 5.17. The molecule has 0 aliphatic carbocycles. The number of hydrogen-bond donors (Lipinski definition) is 4. The van der Waals surface area contributed by atoms with Crippen LogP contribution >= 0.6 is 0 Å². The Balaban J connectivity index is 2.16. The lowest BCUT2D eigenvalue weighted by molar-refractivity contribution is -0.149. The van der Waals surface area contributed by atoms with Crippen molar-refractivity contribution in [1.82, 2.24) is 10.6 Å². The van der Waals surface area contributed by atoms with Crippen LogP contribution in [0, 0.1) is 5.92 Å². The van der Waals surface area contributed by atoms with E-state index in [2.05, 4.69) is 10.6 Å². The fourth-order valence-corrected chi connectivity index (χ4v) is 2.97. The second-order valence-corrected chi connectivity index (χ2v) is 8.04. The molecule has 0 saturated heterocycles. The molecule has 2 aromatic rings. The Kier molecular flexibility index (Phi) is 9.22. The van der Waals surface area contributed by atoms with Gasteiger partial charge in [-0.2, -0.15) is 0 Å². The predicted octanol–water partition coefficient (Wildman–Crippen LogP) is 1.65. The third-order valence-corrected chi connectivity index (χ3v) is 4.86. The minimum absolute atomic E-state index is 0.0661. The summed E-state index contributed by atoms with van der Waals surface area (Å²) in [7, 11) is 0. The van der Waals surface area contributed by atoms with E-state index in [9.17, 15) is 19.5 Å². The van der Waals surface area contributed by atoms with Gasteiger partial charge in [-0.05, 0) is 36.1 Å². The van der Waals surface area contributed by atoms with Crippen molar-refractivity contribution in [3.8, 4) is 5.75 Å². The average molecular weight is 442 g/mol. The third kappa shape index (κ3) is 7.70. The molecule has 3 atom stereocenters. The minimum Gasteiger partial charge on any atom is -0.508 e. The van der Waals surface area contributed by atoms with Crippen LogP contribution in [0.25, 0.3) is 0 Å². The summed E-state index contributed by atoms with van der Waals surface area (Å²) >= 11 is 0. The molecule has 0 spiro atoms. The zero-order chi connectivity index (χ0) is 23.7. The average Bonchev–Trinajstić information content (AvgIpc) is 2.76. The predicted molar refractivity (Wildman–Crippen MR) is 120 cm³/mol. The number of phenolic OH excluding ortho intramolecular Hbond substituents is 1. The second-order valence-electron chi connectivity index (χ2n) is 8.04. The van der Waals surface area contributed by atoms with Crippen molar-refractivity contribution in [2.75, 3.05) is 0 Å². The number of benzene rings is 2. The number of hydrogen-bond acceptors (Lipinski definition) is 6. The van der Waals surface area contributed by atoms with Crippen LogP contribution in [0.15, 0.2) is 54.6 Å². The number of esters is 1. The van der Waals surface area contributed by atoms with Crippen LogP contribution < -0.4 is 16.4 Å². The molecule has 0 aliphatic heterocycles. The smallest absolute Gasteiger partial charge is 0.329 e. The first-order valence-electron chi connectivity index (χ1n) is 10.5. The van der Waals surface area contributed by atoms with Crippen molar-refractivity contribution in [2.45, 2.75) is 51.9 Å². The van der Waals surface area contributed by atoms with E-state index in [0.717, 1.165) is 11.1 Å². The Morgan fingerprint density at radius 2 is 1.53 bits per heavy atom. The number of amides is 2. The Bertz CT molecular complexity index is 898. The van der Waals surface area contributed by atoms with Crippen LogP contribution in [0.4, 0.5) is 0 Å². The van der Waals surface area contributed by atoms with Crippen molar-refractivity contribution >= 4 is 17.8 Å². The Labute approximate surface area is 188 Å². The van der Waals surface area contributed by atoms with Gasteiger partial charge in [-0.25, -0.2) is 4.79 Å². The zero-order valence-corrected chi connectivity index (χ0v) is 18.6. The van der Waals surface area contributed by atoms with Gasteiger partial charge in [0.2, 0.25) is 11.8 Å². The molecule has 0 aliphatic rings. The van der Waals surface area contributed by atoms with Crippen molar-refractivity contribution in [2.24, 2.45) is 11.7 Å². The van der Waals surface area contributed by atoms with Crippen LogP contribution in [0.2, 0.25) is 0 Å². The van der Waals surface area contributed by atoms with E-state index >= 15 is 0 Å². The number of aromatic hydroxyl groups is 1. The lowest BCUT2D eigenvalue weighted by atomic mass is 10.0. The molecule has 3 unspecified atom stereocenters. The van der Waals surface area contributed by atoms with E-state index in [4.69, 9.17) is 10.5 Å². The molecule has 0 fully saturated rings. The molecule has 2 aromatic carbocycles. The molecular formula is C24H31N3O5. The molecule has 8 heteroatoms. The van der Waals surface area contributed by atoms with E-state index in [1.807, 2.05) is 30.3 Å². The first-order valence-corrected chi connectivity index (χ1v) is 10.5. The van der Waals surface area contributed by atoms with Gasteiger partial charge in [-0.3, -0.25) is 9.59 Å². The molecular weight excluding hydrogens is 410 g/mol. The summed E-state index contributed by atoms with van der Waals surface area (Å²) < 4.78 is 5.44. The quantitative estimate of drug-likeness (QED) is 0.415. The van der Waals surface area contributed by atoms with Gasteiger partial charge in [0.25, 0.3) is 0 Å². The summed E-state index contributed by atoms with van der Waals surface area (Å²) in [5.74, 6) is -1.70. The molecule has 0 aromatic heterocycles. The molecule has 32 heavy (non-hydrogen) atoms. The van der Waals surface area contributed by atoms with Crippen molar-refractivity contribution in [3.63, 3.8) is 0 Å². The van der Waals surface area contributed by atoms with Gasteiger partial charge in [0.15, 0.2) is 0 Å². The summed E-state index contributed by atoms with van der Waals surface area (Å²) in [5.41, 5.74) is 7.15. The van der Waals surface area contributed by atoms with Crippen molar-refractivity contribution in [3.05, 3.63) is 65.7 Å². The Hall–Kier alpha value is -3.39. The minimum atomic E-state index is -0.982. The molecule has 172 valence electrons. The van der Waals surface area contributed by atoms with Crippen LogP contribution in [0.5, 0.6) is 5.75 Å². The molecule has 0 bridgehead atoms. The monoisotopic (exact) mass is 441 g/mol. The van der Waals surface area contributed by atoms with Gasteiger partial charge in [0, 0.05) is 6.42 Å². The van der Waals surface area contributed by atoms with Gasteiger partial charge in [0.05, 0.1) is 6.04 Å². The van der Waals surface area contributed by atoms with Crippen LogP contribution in [0.1, 0.15) is 31.9 Å². The summed E-state index contributed by atoms with van der Waals surface area (Å²) in [6, 6.07) is 12.9. The number of phenols is 1. The topological polar surface area (TPSA) is 131 Å². The van der Waals surface area contributed by atoms with Crippen molar-refractivity contribution < 1.29 is 24.2 Å². The zero-order valence-electron chi connectivity index (χ0n) is 18.6. The molecule has 0 radical (unpaired) electrons. The van der Waals surface area contributed by atoms with E-state index in [-0.39, 0.29) is 24.7 Å². The van der Waals surface area contributed by atoms with E-state index in [1.54, 1.807) is 26.0 Å². The second kappa shape index (κ2) is 11.9. The van der Waals surface area contributed by atoms with Gasteiger partial charge in [-0.1, -0.05) is 56.3 Å². The maximum absolute atomic E-state index is 13.0. The Morgan fingerprint density at radius 3 is 2.09 bits per heavy atom. The molecule has 2 rings (SSSR count). The van der Waals surface area contributed by atoms with Crippen LogP contribution in [-0.4, -0.2) is 41.0 Å². The highest BCUT2D eigenvalue weighted by atomic mass is 16.5. The highest BCUT2D eigenvalue weighted by molar-refractivity contribution is 5.92. The standard InChI is InChI=1S/C24H31N3O5/c1-15(2)21(27-22(29)16(3)25)23(30)26-20(13-17-9-11-19(28)12-10-17)24(31)32-14-18-7-5-4-6-8-18/h4-12,15-16,20-21,28H,13-14,25H2,1-3H3,(H,26,30)(H,27,29). The largest absolute Gasteiger partial charge is 0.508 e. The summed E-state index contributed by atoms with van der Waals surface area (Å²) in [5, 5.41) is 14.8. The third-order valence-electron chi connectivity index (χ3n) is 4.86.